The van der Waals surface area contributed by atoms with Crippen LogP contribution in [0.1, 0.15) is 37.4 Å². The molecule has 0 aliphatic heterocycles. The number of ether oxygens (including phenoxy) is 2. The molecule has 0 bridgehead atoms. The highest BCUT2D eigenvalue weighted by Crippen LogP contribution is 2.37. The molecule has 0 aliphatic rings. The Bertz CT molecular complexity index is 1370. The Kier molecular flexibility index (Phi) is 6.36. The molecule has 4 aromatic rings. The summed E-state index contributed by atoms with van der Waals surface area (Å²) in [5.74, 6) is -1.17. The molecule has 0 aliphatic carbocycles. The Morgan fingerprint density at radius 3 is 2.29 bits per heavy atom. The lowest BCUT2D eigenvalue weighted by Crippen LogP contribution is -2.05. The van der Waals surface area contributed by atoms with Gasteiger partial charge in [-0.15, -0.1) is 0 Å². The number of rotatable bonds is 7. The highest BCUT2D eigenvalue weighted by atomic mass is 16.5. The van der Waals surface area contributed by atoms with Crippen LogP contribution in [0.3, 0.4) is 0 Å². The minimum atomic E-state index is -1.03. The summed E-state index contributed by atoms with van der Waals surface area (Å²) >= 11 is 0. The summed E-state index contributed by atoms with van der Waals surface area (Å²) in [6.45, 7) is 0.0627. The van der Waals surface area contributed by atoms with Crippen molar-refractivity contribution in [3.8, 4) is 17.2 Å². The van der Waals surface area contributed by atoms with Crippen molar-refractivity contribution in [2.75, 3.05) is 7.11 Å². The molecule has 172 valence electrons. The van der Waals surface area contributed by atoms with Crippen molar-refractivity contribution in [2.45, 2.75) is 13.0 Å². The lowest BCUT2D eigenvalue weighted by atomic mass is 9.97. The molecule has 0 saturated carbocycles. The summed E-state index contributed by atoms with van der Waals surface area (Å²) in [7, 11) is 1.56. The van der Waals surface area contributed by atoms with E-state index in [1.54, 1.807) is 49.6 Å². The molecule has 0 spiro atoms. The van der Waals surface area contributed by atoms with Gasteiger partial charge in [-0.1, -0.05) is 30.3 Å². The number of carbonyl (C=O) groups is 2. The van der Waals surface area contributed by atoms with Gasteiger partial charge in [0.15, 0.2) is 0 Å². The first-order valence-electron chi connectivity index (χ1n) is 10.5. The number of carbonyl (C=O) groups excluding carboxylic acids is 1. The zero-order valence-electron chi connectivity index (χ0n) is 18.3. The van der Waals surface area contributed by atoms with Gasteiger partial charge in [-0.25, -0.2) is 9.59 Å². The van der Waals surface area contributed by atoms with E-state index >= 15 is 0 Å². The molecule has 0 fully saturated rings. The summed E-state index contributed by atoms with van der Waals surface area (Å²) in [6, 6.07) is 19.6. The lowest BCUT2D eigenvalue weighted by molar-refractivity contribution is 0.0472. The molecule has 0 aromatic heterocycles. The van der Waals surface area contributed by atoms with E-state index < -0.39 is 11.9 Å². The van der Waals surface area contributed by atoms with Crippen LogP contribution < -0.4 is 4.74 Å². The van der Waals surface area contributed by atoms with Crippen molar-refractivity contribution in [2.24, 2.45) is 0 Å². The number of phenols is 2. The molecule has 0 saturated heterocycles. The van der Waals surface area contributed by atoms with Gasteiger partial charge in [-0.3, -0.25) is 0 Å². The van der Waals surface area contributed by atoms with E-state index in [0.29, 0.717) is 22.1 Å². The average Bonchev–Trinajstić information content (AvgIpc) is 2.85. The largest absolute Gasteiger partial charge is 0.507 e. The van der Waals surface area contributed by atoms with Crippen molar-refractivity contribution >= 4 is 22.7 Å². The number of methoxy groups -OCH3 is 1. The molecular weight excluding hydrogens is 436 g/mol. The first-order chi connectivity index (χ1) is 16.4. The SMILES string of the molecule is COc1cccc(COC(=O)c2ccc3cc(O)c(Cc4ccc(C(=O)O)cc4)c(O)c3c2)c1. The second-order valence-electron chi connectivity index (χ2n) is 7.77. The van der Waals surface area contributed by atoms with Crippen molar-refractivity contribution < 1.29 is 34.4 Å². The van der Waals surface area contributed by atoms with Crippen LogP contribution in [0.5, 0.6) is 17.2 Å². The molecule has 0 radical (unpaired) electrons. The van der Waals surface area contributed by atoms with Crippen molar-refractivity contribution in [3.05, 3.63) is 101 Å². The van der Waals surface area contributed by atoms with E-state index in [2.05, 4.69) is 0 Å². The monoisotopic (exact) mass is 458 g/mol. The molecule has 7 heteroatoms. The Morgan fingerprint density at radius 1 is 0.853 bits per heavy atom. The zero-order chi connectivity index (χ0) is 24.2. The number of aromatic carboxylic acids is 1. The molecule has 4 aromatic carbocycles. The summed E-state index contributed by atoms with van der Waals surface area (Å²) in [5.41, 5.74) is 2.17. The van der Waals surface area contributed by atoms with Crippen LogP contribution in [0.25, 0.3) is 10.8 Å². The number of aromatic hydroxyl groups is 2. The van der Waals surface area contributed by atoms with Gasteiger partial charge in [-0.2, -0.15) is 0 Å². The van der Waals surface area contributed by atoms with Gasteiger partial charge in [-0.05, 0) is 59.0 Å². The van der Waals surface area contributed by atoms with Gasteiger partial charge >= 0.3 is 11.9 Å². The van der Waals surface area contributed by atoms with Crippen molar-refractivity contribution in [1.29, 1.82) is 0 Å². The van der Waals surface area contributed by atoms with Crippen LogP contribution >= 0.6 is 0 Å². The Hall–Kier alpha value is -4.52. The number of hydrogen-bond acceptors (Lipinski definition) is 6. The van der Waals surface area contributed by atoms with Crippen LogP contribution in [-0.4, -0.2) is 34.4 Å². The third-order valence-electron chi connectivity index (χ3n) is 5.52. The maximum atomic E-state index is 12.6. The molecular formula is C27H22O7. The molecule has 4 rings (SSSR count). The quantitative estimate of drug-likeness (QED) is 0.337. The highest BCUT2D eigenvalue weighted by molar-refractivity contribution is 5.98. The summed E-state index contributed by atoms with van der Waals surface area (Å²) < 4.78 is 10.6. The number of fused-ring (bicyclic) bond motifs is 1. The van der Waals surface area contributed by atoms with Gasteiger partial charge < -0.3 is 24.8 Å². The summed E-state index contributed by atoms with van der Waals surface area (Å²) in [5, 5.41) is 31.4. The minimum Gasteiger partial charge on any atom is -0.507 e. The maximum Gasteiger partial charge on any atom is 0.338 e. The van der Waals surface area contributed by atoms with Crippen LogP contribution in [0.4, 0.5) is 0 Å². The Morgan fingerprint density at radius 2 is 1.59 bits per heavy atom. The summed E-state index contributed by atoms with van der Waals surface area (Å²) in [6.07, 6.45) is 0.179. The predicted octanol–water partition coefficient (Wildman–Crippen LogP) is 4.91. The fourth-order valence-corrected chi connectivity index (χ4v) is 3.67. The minimum absolute atomic E-state index is 0.0627. The van der Waals surface area contributed by atoms with E-state index in [9.17, 15) is 19.8 Å². The first kappa shape index (κ1) is 22.7. The smallest absolute Gasteiger partial charge is 0.338 e. The average molecular weight is 458 g/mol. The number of hydrogen-bond donors (Lipinski definition) is 3. The molecule has 0 unspecified atom stereocenters. The fourth-order valence-electron chi connectivity index (χ4n) is 3.67. The van der Waals surface area contributed by atoms with Crippen molar-refractivity contribution in [3.63, 3.8) is 0 Å². The summed E-state index contributed by atoms with van der Waals surface area (Å²) in [4.78, 5) is 23.7. The first-order valence-corrected chi connectivity index (χ1v) is 10.5. The predicted molar refractivity (Wildman–Crippen MR) is 126 cm³/mol. The third kappa shape index (κ3) is 4.78. The Labute approximate surface area is 195 Å². The topological polar surface area (TPSA) is 113 Å². The second kappa shape index (κ2) is 9.54. The molecule has 0 amide bonds. The molecule has 7 nitrogen and oxygen atoms in total. The molecule has 34 heavy (non-hydrogen) atoms. The van der Waals surface area contributed by atoms with Gasteiger partial charge in [0, 0.05) is 17.4 Å². The zero-order valence-corrected chi connectivity index (χ0v) is 18.3. The van der Waals surface area contributed by atoms with Crippen LogP contribution in [0.2, 0.25) is 0 Å². The maximum absolute atomic E-state index is 12.6. The molecule has 0 heterocycles. The highest BCUT2D eigenvalue weighted by Gasteiger charge is 2.16. The van der Waals surface area contributed by atoms with Gasteiger partial charge in [0.25, 0.3) is 0 Å². The van der Waals surface area contributed by atoms with E-state index in [0.717, 1.165) is 5.56 Å². The number of carboxylic acids is 1. The van der Waals surface area contributed by atoms with E-state index in [4.69, 9.17) is 14.6 Å². The normalized spacial score (nSPS) is 10.7. The number of esters is 1. The van der Waals surface area contributed by atoms with E-state index in [1.807, 2.05) is 6.07 Å². The van der Waals surface area contributed by atoms with Crippen LogP contribution in [-0.2, 0) is 17.8 Å². The van der Waals surface area contributed by atoms with Gasteiger partial charge in [0.2, 0.25) is 0 Å². The van der Waals surface area contributed by atoms with E-state index in [-0.39, 0.29) is 41.2 Å². The fraction of sp³-hybridized carbons (Fsp3) is 0.111. The van der Waals surface area contributed by atoms with Crippen LogP contribution in [0.15, 0.2) is 72.8 Å². The van der Waals surface area contributed by atoms with E-state index in [1.165, 1.54) is 24.3 Å². The van der Waals surface area contributed by atoms with Crippen molar-refractivity contribution in [1.82, 2.24) is 0 Å². The molecule has 3 N–H and O–H groups in total. The Balaban J connectivity index is 1.58. The molecule has 0 atom stereocenters. The van der Waals surface area contributed by atoms with Crippen LogP contribution in [0, 0.1) is 0 Å². The third-order valence-corrected chi connectivity index (χ3v) is 5.52. The van der Waals surface area contributed by atoms with Gasteiger partial charge in [0.1, 0.15) is 23.9 Å². The van der Waals surface area contributed by atoms with Gasteiger partial charge in [0.05, 0.1) is 18.2 Å². The second-order valence-corrected chi connectivity index (χ2v) is 7.77. The number of carboxylic acid groups (broad SMARTS) is 1. The number of phenolic OH excluding ortho intramolecular Hbond substituents is 2. The number of benzene rings is 4. The standard InChI is InChI=1S/C27H22O7/c1-33-21-4-2-3-17(11-21)15-34-27(32)20-10-9-19-14-24(28)23(25(29)22(19)13-20)12-16-5-7-18(8-6-16)26(30)31/h2-11,13-14,28-29H,12,15H2,1H3,(H,30,31). The lowest BCUT2D eigenvalue weighted by Gasteiger charge is -2.12.